The van der Waals surface area contributed by atoms with Gasteiger partial charge in [0.25, 0.3) is 0 Å². The van der Waals surface area contributed by atoms with Crippen molar-refractivity contribution in [2.24, 2.45) is 0 Å². The third kappa shape index (κ3) is 3.10. The van der Waals surface area contributed by atoms with E-state index in [0.29, 0.717) is 5.92 Å². The molecule has 1 aromatic heterocycles. The van der Waals surface area contributed by atoms with Gasteiger partial charge >= 0.3 is 0 Å². The SMILES string of the molecule is CCCNCc1cc(C(C)C)nc2c(OC)cccc12. The molecule has 0 saturated carbocycles. The third-order valence-corrected chi connectivity index (χ3v) is 3.46. The van der Waals surface area contributed by atoms with Crippen LogP contribution in [0.4, 0.5) is 0 Å². The van der Waals surface area contributed by atoms with Crippen LogP contribution in [0.2, 0.25) is 0 Å². The molecule has 2 rings (SSSR count). The van der Waals surface area contributed by atoms with Gasteiger partial charge in [0.1, 0.15) is 11.3 Å². The second-order valence-corrected chi connectivity index (χ2v) is 5.39. The fourth-order valence-corrected chi connectivity index (χ4v) is 2.32. The van der Waals surface area contributed by atoms with Gasteiger partial charge in [0.15, 0.2) is 0 Å². The number of aromatic nitrogens is 1. The van der Waals surface area contributed by atoms with Crippen LogP contribution in [0.5, 0.6) is 5.75 Å². The summed E-state index contributed by atoms with van der Waals surface area (Å²) in [6.45, 7) is 8.43. The lowest BCUT2D eigenvalue weighted by molar-refractivity contribution is 0.418. The van der Waals surface area contributed by atoms with Gasteiger partial charge in [-0.3, -0.25) is 0 Å². The molecular weight excluding hydrogens is 248 g/mol. The predicted octanol–water partition coefficient (Wildman–Crippen LogP) is 3.87. The second kappa shape index (κ2) is 6.71. The van der Waals surface area contributed by atoms with E-state index in [1.165, 1.54) is 10.9 Å². The van der Waals surface area contributed by atoms with Gasteiger partial charge < -0.3 is 10.1 Å². The lowest BCUT2D eigenvalue weighted by atomic mass is 10.0. The Kier molecular flexibility index (Phi) is 4.96. The van der Waals surface area contributed by atoms with Crippen LogP contribution in [0.25, 0.3) is 10.9 Å². The first kappa shape index (κ1) is 14.8. The van der Waals surface area contributed by atoms with Crippen LogP contribution in [0.1, 0.15) is 44.4 Å². The van der Waals surface area contributed by atoms with E-state index in [0.717, 1.165) is 36.5 Å². The lowest BCUT2D eigenvalue weighted by Crippen LogP contribution is -2.14. The zero-order chi connectivity index (χ0) is 14.5. The van der Waals surface area contributed by atoms with Crippen LogP contribution in [-0.4, -0.2) is 18.6 Å². The van der Waals surface area contributed by atoms with Gasteiger partial charge in [0.05, 0.1) is 7.11 Å². The first-order valence-corrected chi connectivity index (χ1v) is 7.34. The number of hydrogen-bond donors (Lipinski definition) is 1. The number of fused-ring (bicyclic) bond motifs is 1. The van der Waals surface area contributed by atoms with Crippen LogP contribution >= 0.6 is 0 Å². The van der Waals surface area contributed by atoms with Crippen LogP contribution in [0.3, 0.4) is 0 Å². The normalized spacial score (nSPS) is 11.2. The Morgan fingerprint density at radius 1 is 1.30 bits per heavy atom. The highest BCUT2D eigenvalue weighted by Crippen LogP contribution is 2.28. The fourth-order valence-electron chi connectivity index (χ4n) is 2.32. The molecule has 1 heterocycles. The number of benzene rings is 1. The van der Waals surface area contributed by atoms with Gasteiger partial charge in [-0.05, 0) is 36.6 Å². The highest BCUT2D eigenvalue weighted by atomic mass is 16.5. The number of pyridine rings is 1. The van der Waals surface area contributed by atoms with E-state index in [1.807, 2.05) is 12.1 Å². The number of ether oxygens (including phenoxy) is 1. The van der Waals surface area contributed by atoms with Crippen LogP contribution in [-0.2, 0) is 6.54 Å². The maximum Gasteiger partial charge on any atom is 0.145 e. The van der Waals surface area contributed by atoms with Crippen molar-refractivity contribution in [3.8, 4) is 5.75 Å². The Morgan fingerprint density at radius 2 is 2.10 bits per heavy atom. The molecule has 20 heavy (non-hydrogen) atoms. The monoisotopic (exact) mass is 272 g/mol. The van der Waals surface area contributed by atoms with Gasteiger partial charge in [-0.25, -0.2) is 4.98 Å². The molecule has 0 bridgehead atoms. The van der Waals surface area contributed by atoms with Crippen molar-refractivity contribution < 1.29 is 4.74 Å². The first-order chi connectivity index (χ1) is 9.67. The number of methoxy groups -OCH3 is 1. The molecule has 0 radical (unpaired) electrons. The standard InChI is InChI=1S/C17H24N2O/c1-5-9-18-11-13-10-15(12(2)3)19-17-14(13)7-6-8-16(17)20-4/h6-8,10,12,18H,5,9,11H2,1-4H3. The molecule has 0 atom stereocenters. The minimum atomic E-state index is 0.411. The quantitative estimate of drug-likeness (QED) is 0.811. The van der Waals surface area contributed by atoms with Gasteiger partial charge in [-0.1, -0.05) is 32.9 Å². The third-order valence-electron chi connectivity index (χ3n) is 3.46. The van der Waals surface area contributed by atoms with Crippen LogP contribution in [0, 0.1) is 0 Å². The average Bonchev–Trinajstić information content (AvgIpc) is 2.46. The summed E-state index contributed by atoms with van der Waals surface area (Å²) in [5.74, 6) is 1.26. The minimum Gasteiger partial charge on any atom is -0.494 e. The zero-order valence-corrected chi connectivity index (χ0v) is 12.9. The van der Waals surface area contributed by atoms with E-state index in [9.17, 15) is 0 Å². The smallest absolute Gasteiger partial charge is 0.145 e. The van der Waals surface area contributed by atoms with Crippen LogP contribution < -0.4 is 10.1 Å². The molecule has 0 fully saturated rings. The number of para-hydroxylation sites is 1. The van der Waals surface area contributed by atoms with Crippen molar-refractivity contribution in [2.45, 2.75) is 39.7 Å². The van der Waals surface area contributed by atoms with Gasteiger partial charge in [0, 0.05) is 17.6 Å². The number of nitrogens with zero attached hydrogens (tertiary/aromatic N) is 1. The zero-order valence-electron chi connectivity index (χ0n) is 12.9. The maximum absolute atomic E-state index is 5.46. The molecule has 0 aliphatic carbocycles. The summed E-state index contributed by atoms with van der Waals surface area (Å²) in [5.41, 5.74) is 3.39. The van der Waals surface area contributed by atoms with Crippen molar-refractivity contribution in [1.82, 2.24) is 10.3 Å². The van der Waals surface area contributed by atoms with Gasteiger partial charge in [-0.15, -0.1) is 0 Å². The number of rotatable bonds is 6. The highest BCUT2D eigenvalue weighted by Gasteiger charge is 2.11. The van der Waals surface area contributed by atoms with E-state index in [-0.39, 0.29) is 0 Å². The molecule has 0 unspecified atom stereocenters. The first-order valence-electron chi connectivity index (χ1n) is 7.34. The van der Waals surface area contributed by atoms with Crippen molar-refractivity contribution in [1.29, 1.82) is 0 Å². The molecular formula is C17H24N2O. The van der Waals surface area contributed by atoms with Crippen molar-refractivity contribution >= 4 is 10.9 Å². The molecule has 0 aliphatic heterocycles. The highest BCUT2D eigenvalue weighted by molar-refractivity contribution is 5.87. The molecule has 1 aromatic carbocycles. The number of hydrogen-bond acceptors (Lipinski definition) is 3. The van der Waals surface area contributed by atoms with Gasteiger partial charge in [-0.2, -0.15) is 0 Å². The topological polar surface area (TPSA) is 34.2 Å². The van der Waals surface area contributed by atoms with Crippen LogP contribution in [0.15, 0.2) is 24.3 Å². The molecule has 0 saturated heterocycles. The van der Waals surface area contributed by atoms with Crippen molar-refractivity contribution in [3.05, 3.63) is 35.5 Å². The van der Waals surface area contributed by atoms with Crippen molar-refractivity contribution in [2.75, 3.05) is 13.7 Å². The Balaban J connectivity index is 2.52. The molecule has 2 aromatic rings. The van der Waals surface area contributed by atoms with E-state index < -0.39 is 0 Å². The molecule has 0 amide bonds. The molecule has 108 valence electrons. The van der Waals surface area contributed by atoms with E-state index in [1.54, 1.807) is 7.11 Å². The van der Waals surface area contributed by atoms with Crippen molar-refractivity contribution in [3.63, 3.8) is 0 Å². The van der Waals surface area contributed by atoms with E-state index in [2.05, 4.69) is 38.2 Å². The summed E-state index contributed by atoms with van der Waals surface area (Å²) in [4.78, 5) is 4.78. The Hall–Kier alpha value is -1.61. The maximum atomic E-state index is 5.46. The minimum absolute atomic E-state index is 0.411. The largest absolute Gasteiger partial charge is 0.494 e. The summed E-state index contributed by atoms with van der Waals surface area (Å²) in [6.07, 6.45) is 1.14. The summed E-state index contributed by atoms with van der Waals surface area (Å²) >= 11 is 0. The Morgan fingerprint density at radius 3 is 2.75 bits per heavy atom. The summed E-state index contributed by atoms with van der Waals surface area (Å²) in [5, 5.41) is 4.66. The summed E-state index contributed by atoms with van der Waals surface area (Å²) in [6, 6.07) is 8.34. The summed E-state index contributed by atoms with van der Waals surface area (Å²) in [7, 11) is 1.70. The van der Waals surface area contributed by atoms with Gasteiger partial charge in [0.2, 0.25) is 0 Å². The summed E-state index contributed by atoms with van der Waals surface area (Å²) < 4.78 is 5.46. The lowest BCUT2D eigenvalue weighted by Gasteiger charge is -2.14. The van der Waals surface area contributed by atoms with E-state index in [4.69, 9.17) is 9.72 Å². The van der Waals surface area contributed by atoms with E-state index >= 15 is 0 Å². The molecule has 3 nitrogen and oxygen atoms in total. The molecule has 0 spiro atoms. The number of nitrogens with one attached hydrogen (secondary N) is 1. The Bertz CT molecular complexity index is 578. The molecule has 1 N–H and O–H groups in total. The average molecular weight is 272 g/mol. The molecule has 3 heteroatoms. The molecule has 0 aliphatic rings. The fraction of sp³-hybridized carbons (Fsp3) is 0.471. The second-order valence-electron chi connectivity index (χ2n) is 5.39. The Labute approximate surface area is 121 Å². The predicted molar refractivity (Wildman–Crippen MR) is 84.4 cm³/mol.